The zero-order valence-corrected chi connectivity index (χ0v) is 16.1. The van der Waals surface area contributed by atoms with Crippen LogP contribution in [0, 0.1) is 0 Å². The Balaban J connectivity index is 1.84. The van der Waals surface area contributed by atoms with Crippen molar-refractivity contribution >= 4 is 22.7 Å². The summed E-state index contributed by atoms with van der Waals surface area (Å²) in [4.78, 5) is 0. The number of rotatable bonds is 3. The molecule has 28 heavy (non-hydrogen) atoms. The van der Waals surface area contributed by atoms with Gasteiger partial charge in [-0.2, -0.15) is 0 Å². The van der Waals surface area contributed by atoms with Gasteiger partial charge in [-0.3, -0.25) is 0 Å². The predicted octanol–water partition coefficient (Wildman–Crippen LogP) is 7.44. The van der Waals surface area contributed by atoms with Gasteiger partial charge in [0, 0.05) is 10.9 Å². The van der Waals surface area contributed by atoms with E-state index in [-0.39, 0.29) is 5.92 Å². The zero-order valence-electron chi connectivity index (χ0n) is 15.3. The molecule has 0 saturated carbocycles. The second-order valence-electron chi connectivity index (χ2n) is 7.09. The molecule has 0 saturated heterocycles. The predicted molar refractivity (Wildman–Crippen MR) is 119 cm³/mol. The van der Waals surface area contributed by atoms with Crippen LogP contribution in [0.15, 0.2) is 109 Å². The molecular formula is C27H19Cl. The second-order valence-corrected chi connectivity index (χ2v) is 7.53. The molecule has 0 radical (unpaired) electrons. The summed E-state index contributed by atoms with van der Waals surface area (Å²) >= 11 is 6.18. The Morgan fingerprint density at radius 2 is 1.11 bits per heavy atom. The van der Waals surface area contributed by atoms with Crippen LogP contribution in [0.4, 0.5) is 0 Å². The van der Waals surface area contributed by atoms with Gasteiger partial charge < -0.3 is 0 Å². The maximum absolute atomic E-state index is 6.18. The lowest BCUT2D eigenvalue weighted by Crippen LogP contribution is -2.01. The Morgan fingerprint density at radius 3 is 1.79 bits per heavy atom. The molecular weight excluding hydrogens is 360 g/mol. The second kappa shape index (κ2) is 7.14. The summed E-state index contributed by atoms with van der Waals surface area (Å²) < 4.78 is 0. The van der Waals surface area contributed by atoms with Crippen LogP contribution in [0.2, 0.25) is 5.02 Å². The summed E-state index contributed by atoms with van der Waals surface area (Å²) in [6, 6.07) is 38.5. The van der Waals surface area contributed by atoms with E-state index >= 15 is 0 Å². The lowest BCUT2D eigenvalue weighted by molar-refractivity contribution is 1.07. The van der Waals surface area contributed by atoms with E-state index in [0.29, 0.717) is 0 Å². The van der Waals surface area contributed by atoms with Crippen molar-refractivity contribution < 1.29 is 0 Å². The van der Waals surface area contributed by atoms with Crippen LogP contribution in [0.1, 0.15) is 33.7 Å². The first-order valence-electron chi connectivity index (χ1n) is 9.53. The van der Waals surface area contributed by atoms with Crippen molar-refractivity contribution in [3.63, 3.8) is 0 Å². The lowest BCUT2D eigenvalue weighted by atomic mass is 9.84. The molecule has 0 bridgehead atoms. The van der Waals surface area contributed by atoms with Gasteiger partial charge in [0.2, 0.25) is 0 Å². The van der Waals surface area contributed by atoms with Gasteiger partial charge in [0.25, 0.3) is 0 Å². The topological polar surface area (TPSA) is 0 Å². The number of fused-ring (bicyclic) bond motifs is 1. The Morgan fingerprint density at radius 1 is 0.536 bits per heavy atom. The smallest absolute Gasteiger partial charge is 0.0406 e. The molecule has 0 spiro atoms. The third-order valence-corrected chi connectivity index (χ3v) is 5.70. The van der Waals surface area contributed by atoms with E-state index in [0.717, 1.165) is 5.02 Å². The molecule has 0 N–H and O–H groups in total. The fourth-order valence-electron chi connectivity index (χ4n) is 4.27. The summed E-state index contributed by atoms with van der Waals surface area (Å²) in [5.74, 6) is 0.186. The summed E-state index contributed by atoms with van der Waals surface area (Å²) in [7, 11) is 0. The molecule has 1 aliphatic carbocycles. The monoisotopic (exact) mass is 378 g/mol. The molecule has 134 valence electrons. The van der Waals surface area contributed by atoms with Gasteiger partial charge in [0.15, 0.2) is 0 Å². The average Bonchev–Trinajstić information content (AvgIpc) is 3.11. The number of allylic oxidation sites excluding steroid dienone is 1. The molecule has 4 aromatic rings. The van der Waals surface area contributed by atoms with E-state index in [1.165, 1.54) is 39.0 Å². The van der Waals surface area contributed by atoms with Gasteiger partial charge in [-0.25, -0.2) is 0 Å². The molecule has 0 aliphatic heterocycles. The first-order valence-corrected chi connectivity index (χ1v) is 9.90. The molecule has 0 nitrogen and oxygen atoms in total. The first-order chi connectivity index (χ1) is 13.8. The van der Waals surface area contributed by atoms with Crippen molar-refractivity contribution in [1.29, 1.82) is 0 Å². The highest BCUT2D eigenvalue weighted by Crippen LogP contribution is 2.52. The molecule has 0 fully saturated rings. The zero-order chi connectivity index (χ0) is 18.9. The standard InChI is InChI=1S/C27H19Cl/c28-22-17-15-21(16-18-22)26-24-14-8-7-13-23(24)25(19-9-3-1-4-10-19)27(26)20-11-5-2-6-12-20/h1-18,26H. The largest absolute Gasteiger partial charge is 0.0843 e. The van der Waals surface area contributed by atoms with Crippen LogP contribution < -0.4 is 0 Å². The Kier molecular flexibility index (Phi) is 4.35. The van der Waals surface area contributed by atoms with Gasteiger partial charge >= 0.3 is 0 Å². The molecule has 0 aromatic heterocycles. The minimum atomic E-state index is 0.186. The van der Waals surface area contributed by atoms with Crippen LogP contribution in [-0.2, 0) is 0 Å². The highest BCUT2D eigenvalue weighted by atomic mass is 35.5. The average molecular weight is 379 g/mol. The quantitative estimate of drug-likeness (QED) is 0.347. The van der Waals surface area contributed by atoms with Gasteiger partial charge in [-0.05, 0) is 51.1 Å². The summed E-state index contributed by atoms with van der Waals surface area (Å²) in [5, 5.41) is 0.767. The maximum Gasteiger partial charge on any atom is 0.0406 e. The molecule has 1 heteroatoms. The molecule has 1 atom stereocenters. The molecule has 0 amide bonds. The molecule has 0 heterocycles. The Bertz CT molecular complexity index is 1140. The van der Waals surface area contributed by atoms with Gasteiger partial charge in [0.05, 0.1) is 0 Å². The van der Waals surface area contributed by atoms with Crippen LogP contribution in [0.25, 0.3) is 11.1 Å². The van der Waals surface area contributed by atoms with Crippen LogP contribution in [0.3, 0.4) is 0 Å². The lowest BCUT2D eigenvalue weighted by Gasteiger charge is -2.19. The summed E-state index contributed by atoms with van der Waals surface area (Å²) in [6.45, 7) is 0. The number of hydrogen-bond acceptors (Lipinski definition) is 0. The van der Waals surface area contributed by atoms with Crippen molar-refractivity contribution in [2.24, 2.45) is 0 Å². The van der Waals surface area contributed by atoms with Crippen molar-refractivity contribution in [1.82, 2.24) is 0 Å². The highest BCUT2D eigenvalue weighted by Gasteiger charge is 2.33. The van der Waals surface area contributed by atoms with E-state index in [4.69, 9.17) is 11.6 Å². The van der Waals surface area contributed by atoms with Crippen molar-refractivity contribution in [3.8, 4) is 0 Å². The van der Waals surface area contributed by atoms with Gasteiger partial charge in [-0.1, -0.05) is 109 Å². The minimum absolute atomic E-state index is 0.186. The van der Waals surface area contributed by atoms with Crippen molar-refractivity contribution in [3.05, 3.63) is 142 Å². The Labute approximate surface area is 170 Å². The Hall–Kier alpha value is -3.09. The number of hydrogen-bond donors (Lipinski definition) is 0. The van der Waals surface area contributed by atoms with E-state index < -0.39 is 0 Å². The van der Waals surface area contributed by atoms with Gasteiger partial charge in [-0.15, -0.1) is 0 Å². The molecule has 4 aromatic carbocycles. The highest BCUT2D eigenvalue weighted by molar-refractivity contribution is 6.30. The van der Waals surface area contributed by atoms with Crippen molar-refractivity contribution in [2.75, 3.05) is 0 Å². The van der Waals surface area contributed by atoms with E-state index in [1.54, 1.807) is 0 Å². The van der Waals surface area contributed by atoms with Crippen LogP contribution in [-0.4, -0.2) is 0 Å². The van der Waals surface area contributed by atoms with Crippen LogP contribution in [0.5, 0.6) is 0 Å². The molecule has 1 aliphatic rings. The SMILES string of the molecule is Clc1ccc(C2C(c3ccccc3)=C(c3ccccc3)c3ccccc32)cc1. The van der Waals surface area contributed by atoms with Gasteiger partial charge in [0.1, 0.15) is 0 Å². The number of halogens is 1. The summed E-state index contributed by atoms with van der Waals surface area (Å²) in [5.41, 5.74) is 9.12. The summed E-state index contributed by atoms with van der Waals surface area (Å²) in [6.07, 6.45) is 0. The molecule has 5 rings (SSSR count). The van der Waals surface area contributed by atoms with E-state index in [2.05, 4.69) is 97.1 Å². The van der Waals surface area contributed by atoms with Crippen LogP contribution >= 0.6 is 11.6 Å². The minimum Gasteiger partial charge on any atom is -0.0843 e. The fraction of sp³-hybridized carbons (Fsp3) is 0.0370. The normalized spacial score (nSPS) is 15.5. The third-order valence-electron chi connectivity index (χ3n) is 5.45. The number of benzene rings is 4. The maximum atomic E-state index is 6.18. The first kappa shape index (κ1) is 17.0. The fourth-order valence-corrected chi connectivity index (χ4v) is 4.39. The molecule has 1 unspecified atom stereocenters. The third kappa shape index (κ3) is 2.87. The van der Waals surface area contributed by atoms with Crippen molar-refractivity contribution in [2.45, 2.75) is 5.92 Å². The van der Waals surface area contributed by atoms with E-state index in [9.17, 15) is 0 Å². The van der Waals surface area contributed by atoms with E-state index in [1.807, 2.05) is 12.1 Å².